The van der Waals surface area contributed by atoms with Crippen LogP contribution in [0.4, 0.5) is 5.69 Å². The second-order valence-electron chi connectivity index (χ2n) is 5.18. The minimum Gasteiger partial charge on any atom is -0.311 e. The average molecular weight is 342 g/mol. The van der Waals surface area contributed by atoms with Gasteiger partial charge in [0.15, 0.2) is 0 Å². The third kappa shape index (κ3) is 2.00. The van der Waals surface area contributed by atoms with Crippen LogP contribution in [0.2, 0.25) is 0 Å². The third-order valence-electron chi connectivity index (χ3n) is 3.81. The first kappa shape index (κ1) is 12.7. The number of hydrogen-bond donors (Lipinski definition) is 0. The molecule has 0 N–H and O–H groups in total. The van der Waals surface area contributed by atoms with Crippen molar-refractivity contribution in [2.75, 3.05) is 11.4 Å². The molecular weight excluding hydrogens is 330 g/mol. The molecule has 0 saturated carbocycles. The SMILES string of the molecule is O=C1CC(Br)CN1c1cc2cccnc2c2ncccc12. The van der Waals surface area contributed by atoms with E-state index < -0.39 is 0 Å². The summed E-state index contributed by atoms with van der Waals surface area (Å²) >= 11 is 3.54. The van der Waals surface area contributed by atoms with Crippen molar-refractivity contribution in [3.63, 3.8) is 0 Å². The zero-order chi connectivity index (χ0) is 14.4. The Bertz CT molecular complexity index is 864. The fourth-order valence-corrected chi connectivity index (χ4v) is 3.44. The fourth-order valence-electron chi connectivity index (χ4n) is 2.88. The van der Waals surface area contributed by atoms with Gasteiger partial charge in [-0.15, -0.1) is 0 Å². The van der Waals surface area contributed by atoms with Gasteiger partial charge in [-0.2, -0.15) is 0 Å². The van der Waals surface area contributed by atoms with Crippen LogP contribution >= 0.6 is 15.9 Å². The lowest BCUT2D eigenvalue weighted by molar-refractivity contribution is -0.117. The molecule has 104 valence electrons. The number of carbonyl (C=O) groups excluding carboxylic acids is 1. The summed E-state index contributed by atoms with van der Waals surface area (Å²) in [5.74, 6) is 0.144. The number of alkyl halides is 1. The zero-order valence-corrected chi connectivity index (χ0v) is 12.7. The van der Waals surface area contributed by atoms with Crippen LogP contribution in [0.3, 0.4) is 0 Å². The number of nitrogens with zero attached hydrogens (tertiary/aromatic N) is 3. The smallest absolute Gasteiger partial charge is 0.228 e. The molecule has 21 heavy (non-hydrogen) atoms. The first-order valence-electron chi connectivity index (χ1n) is 6.81. The molecule has 1 atom stereocenters. The van der Waals surface area contributed by atoms with Crippen molar-refractivity contribution < 1.29 is 4.79 Å². The van der Waals surface area contributed by atoms with Crippen LogP contribution in [-0.4, -0.2) is 27.2 Å². The van der Waals surface area contributed by atoms with Crippen molar-refractivity contribution in [3.8, 4) is 0 Å². The highest BCUT2D eigenvalue weighted by molar-refractivity contribution is 9.09. The number of carbonyl (C=O) groups is 1. The van der Waals surface area contributed by atoms with Crippen LogP contribution in [0.1, 0.15) is 6.42 Å². The van der Waals surface area contributed by atoms with Crippen LogP contribution in [0.15, 0.2) is 42.7 Å². The normalized spacial score (nSPS) is 18.8. The second-order valence-corrected chi connectivity index (χ2v) is 6.47. The Labute approximate surface area is 129 Å². The molecule has 1 unspecified atom stereocenters. The lowest BCUT2D eigenvalue weighted by Gasteiger charge is -2.19. The van der Waals surface area contributed by atoms with Crippen LogP contribution < -0.4 is 4.90 Å². The van der Waals surface area contributed by atoms with E-state index >= 15 is 0 Å². The molecule has 1 aliphatic heterocycles. The van der Waals surface area contributed by atoms with Gasteiger partial charge in [0.05, 0.1) is 16.7 Å². The van der Waals surface area contributed by atoms with Crippen LogP contribution in [0.5, 0.6) is 0 Å². The zero-order valence-electron chi connectivity index (χ0n) is 11.2. The van der Waals surface area contributed by atoms with Gasteiger partial charge in [0.1, 0.15) is 0 Å². The average Bonchev–Trinajstić information content (AvgIpc) is 2.85. The van der Waals surface area contributed by atoms with E-state index in [4.69, 9.17) is 0 Å². The van der Waals surface area contributed by atoms with Crippen molar-refractivity contribution in [2.45, 2.75) is 11.2 Å². The van der Waals surface area contributed by atoms with E-state index in [0.29, 0.717) is 13.0 Å². The maximum absolute atomic E-state index is 12.2. The molecule has 0 bridgehead atoms. The standard InChI is InChI=1S/C16H12BrN3O/c17-11-8-14(21)20(9-11)13-7-10-3-1-5-18-15(10)16-12(13)4-2-6-19-16/h1-7,11H,8-9H2. The maximum Gasteiger partial charge on any atom is 0.228 e. The topological polar surface area (TPSA) is 46.1 Å². The highest BCUT2D eigenvalue weighted by Crippen LogP contribution is 2.34. The number of pyridine rings is 2. The van der Waals surface area contributed by atoms with E-state index in [-0.39, 0.29) is 10.7 Å². The Hall–Kier alpha value is -2.01. The van der Waals surface area contributed by atoms with Crippen LogP contribution in [0.25, 0.3) is 21.8 Å². The third-order valence-corrected chi connectivity index (χ3v) is 4.42. The highest BCUT2D eigenvalue weighted by atomic mass is 79.9. The number of rotatable bonds is 1. The number of hydrogen-bond acceptors (Lipinski definition) is 3. The molecular formula is C16H12BrN3O. The van der Waals surface area contributed by atoms with Gasteiger partial charge >= 0.3 is 0 Å². The lowest BCUT2D eigenvalue weighted by atomic mass is 10.1. The Morgan fingerprint density at radius 2 is 1.90 bits per heavy atom. The maximum atomic E-state index is 12.2. The summed E-state index contributed by atoms with van der Waals surface area (Å²) in [5, 5.41) is 1.98. The molecule has 0 aliphatic carbocycles. The molecule has 1 saturated heterocycles. The number of anilines is 1. The Morgan fingerprint density at radius 1 is 1.14 bits per heavy atom. The Kier molecular flexibility index (Phi) is 2.89. The summed E-state index contributed by atoms with van der Waals surface area (Å²) in [6.45, 7) is 0.689. The summed E-state index contributed by atoms with van der Waals surface area (Å²) in [4.78, 5) is 23.2. The van der Waals surface area contributed by atoms with E-state index in [2.05, 4.69) is 25.9 Å². The molecule has 3 aromatic rings. The van der Waals surface area contributed by atoms with Crippen molar-refractivity contribution >= 4 is 49.3 Å². The number of fused-ring (bicyclic) bond motifs is 3. The predicted octanol–water partition coefficient (Wildman–Crippen LogP) is 3.28. The number of amides is 1. The van der Waals surface area contributed by atoms with Gasteiger partial charge in [0.2, 0.25) is 5.91 Å². The van der Waals surface area contributed by atoms with Gasteiger partial charge in [-0.05, 0) is 24.3 Å². The summed E-state index contributed by atoms with van der Waals surface area (Å²) < 4.78 is 0. The molecule has 4 nitrogen and oxygen atoms in total. The fraction of sp³-hybridized carbons (Fsp3) is 0.188. The number of halogens is 1. The van der Waals surface area contributed by atoms with Gasteiger partial charge in [0.25, 0.3) is 0 Å². The highest BCUT2D eigenvalue weighted by Gasteiger charge is 2.30. The molecule has 1 fully saturated rings. The van der Waals surface area contributed by atoms with Crippen molar-refractivity contribution in [2.24, 2.45) is 0 Å². The second kappa shape index (κ2) is 4.77. The van der Waals surface area contributed by atoms with Crippen LogP contribution in [-0.2, 0) is 4.79 Å². The molecule has 1 aromatic carbocycles. The predicted molar refractivity (Wildman–Crippen MR) is 86.7 cm³/mol. The van der Waals surface area contributed by atoms with Gasteiger partial charge in [0, 0.05) is 41.0 Å². The lowest BCUT2D eigenvalue weighted by Crippen LogP contribution is -2.24. The number of aromatic nitrogens is 2. The summed E-state index contributed by atoms with van der Waals surface area (Å²) in [6, 6.07) is 9.84. The van der Waals surface area contributed by atoms with Gasteiger partial charge < -0.3 is 4.90 Å². The first-order valence-corrected chi connectivity index (χ1v) is 7.72. The molecule has 0 spiro atoms. The molecule has 3 heterocycles. The van der Waals surface area contributed by atoms with Crippen LogP contribution in [0, 0.1) is 0 Å². The summed E-state index contributed by atoms with van der Waals surface area (Å²) in [6.07, 6.45) is 4.07. The molecule has 2 aromatic heterocycles. The van der Waals surface area contributed by atoms with Crippen molar-refractivity contribution in [1.29, 1.82) is 0 Å². The monoisotopic (exact) mass is 341 g/mol. The van der Waals surface area contributed by atoms with Gasteiger partial charge in [-0.1, -0.05) is 22.0 Å². The largest absolute Gasteiger partial charge is 0.311 e. The molecule has 1 amide bonds. The quantitative estimate of drug-likeness (QED) is 0.504. The van der Waals surface area contributed by atoms with Crippen molar-refractivity contribution in [3.05, 3.63) is 42.7 Å². The summed E-state index contributed by atoms with van der Waals surface area (Å²) in [7, 11) is 0. The Morgan fingerprint density at radius 3 is 2.67 bits per heavy atom. The molecule has 5 heteroatoms. The van der Waals surface area contributed by atoms with E-state index in [1.165, 1.54) is 0 Å². The first-order chi connectivity index (χ1) is 10.2. The summed E-state index contributed by atoms with van der Waals surface area (Å²) in [5.41, 5.74) is 2.64. The molecule has 4 rings (SSSR count). The van der Waals surface area contributed by atoms with Gasteiger partial charge in [-0.25, -0.2) is 0 Å². The Balaban J connectivity index is 2.05. The molecule has 0 radical (unpaired) electrons. The van der Waals surface area contributed by atoms with Crippen molar-refractivity contribution in [1.82, 2.24) is 9.97 Å². The minimum absolute atomic E-state index is 0.144. The van der Waals surface area contributed by atoms with Gasteiger partial charge in [-0.3, -0.25) is 14.8 Å². The van der Waals surface area contributed by atoms with E-state index in [9.17, 15) is 4.79 Å². The van der Waals surface area contributed by atoms with E-state index in [1.807, 2.05) is 35.2 Å². The minimum atomic E-state index is 0.144. The van der Waals surface area contributed by atoms with E-state index in [0.717, 1.165) is 27.5 Å². The number of benzene rings is 1. The van der Waals surface area contributed by atoms with E-state index in [1.54, 1.807) is 12.4 Å². The molecule has 1 aliphatic rings.